The molecule has 1 aliphatic heterocycles. The average Bonchev–Trinajstić information content (AvgIpc) is 2.52. The van der Waals surface area contributed by atoms with Gasteiger partial charge in [0.1, 0.15) is 0 Å². The van der Waals surface area contributed by atoms with Gasteiger partial charge in [-0.2, -0.15) is 0 Å². The maximum Gasteiger partial charge on any atom is 0.335 e. The first-order valence-corrected chi connectivity index (χ1v) is 7.33. The Kier molecular flexibility index (Phi) is 5.14. The number of piperazine rings is 1. The summed E-state index contributed by atoms with van der Waals surface area (Å²) in [4.78, 5) is 38.1. The van der Waals surface area contributed by atoms with E-state index >= 15 is 0 Å². The molecule has 22 heavy (non-hydrogen) atoms. The van der Waals surface area contributed by atoms with Crippen molar-refractivity contribution >= 4 is 17.8 Å². The lowest BCUT2D eigenvalue weighted by Gasteiger charge is -2.34. The third-order valence-corrected chi connectivity index (χ3v) is 3.93. The number of carbonyl (C=O) groups excluding carboxylic acids is 2. The molecule has 0 bridgehead atoms. The molecule has 1 saturated heterocycles. The second-order valence-corrected chi connectivity index (χ2v) is 5.35. The molecule has 0 radical (unpaired) electrons. The zero-order valence-corrected chi connectivity index (χ0v) is 12.6. The maximum atomic E-state index is 12.2. The van der Waals surface area contributed by atoms with Gasteiger partial charge < -0.3 is 14.9 Å². The first-order chi connectivity index (χ1) is 10.5. The van der Waals surface area contributed by atoms with Crippen LogP contribution < -0.4 is 0 Å². The van der Waals surface area contributed by atoms with Crippen LogP contribution in [0.5, 0.6) is 0 Å². The van der Waals surface area contributed by atoms with E-state index in [4.69, 9.17) is 5.11 Å². The van der Waals surface area contributed by atoms with Crippen molar-refractivity contribution in [3.63, 3.8) is 0 Å². The molecule has 118 valence electrons. The van der Waals surface area contributed by atoms with E-state index in [0.717, 1.165) is 0 Å². The second-order valence-electron chi connectivity index (χ2n) is 5.35. The van der Waals surface area contributed by atoms with E-state index in [1.165, 1.54) is 6.92 Å². The first-order valence-electron chi connectivity index (χ1n) is 7.33. The quantitative estimate of drug-likeness (QED) is 0.900. The van der Waals surface area contributed by atoms with Crippen LogP contribution in [0.4, 0.5) is 0 Å². The van der Waals surface area contributed by atoms with Gasteiger partial charge in [-0.05, 0) is 18.1 Å². The van der Waals surface area contributed by atoms with Gasteiger partial charge >= 0.3 is 5.97 Å². The molecule has 0 aromatic heterocycles. The highest BCUT2D eigenvalue weighted by atomic mass is 16.4. The molecule has 1 heterocycles. The highest BCUT2D eigenvalue weighted by Gasteiger charge is 2.22. The number of amides is 2. The molecule has 6 nitrogen and oxygen atoms in total. The number of rotatable bonds is 4. The smallest absolute Gasteiger partial charge is 0.335 e. The monoisotopic (exact) mass is 304 g/mol. The topological polar surface area (TPSA) is 77.9 Å². The largest absolute Gasteiger partial charge is 0.478 e. The van der Waals surface area contributed by atoms with Crippen molar-refractivity contribution in [3.8, 4) is 0 Å². The number of hydrogen-bond donors (Lipinski definition) is 1. The van der Waals surface area contributed by atoms with Gasteiger partial charge in [0.15, 0.2) is 0 Å². The van der Waals surface area contributed by atoms with Crippen LogP contribution in [0, 0.1) is 0 Å². The van der Waals surface area contributed by atoms with E-state index in [1.54, 1.807) is 34.1 Å². The molecule has 1 aromatic carbocycles. The van der Waals surface area contributed by atoms with Gasteiger partial charge in [0.25, 0.3) is 0 Å². The Balaban J connectivity index is 1.89. The van der Waals surface area contributed by atoms with Gasteiger partial charge in [-0.25, -0.2) is 4.79 Å². The van der Waals surface area contributed by atoms with E-state index in [9.17, 15) is 14.4 Å². The number of aryl methyl sites for hydroxylation is 1. The molecular weight excluding hydrogens is 284 g/mol. The molecule has 0 aliphatic carbocycles. The SMILES string of the molecule is CC(=O)N1CCN(C(=O)CCc2ccccc2C(=O)O)CC1. The van der Waals surface area contributed by atoms with Crippen molar-refractivity contribution in [1.82, 2.24) is 9.80 Å². The van der Waals surface area contributed by atoms with Gasteiger partial charge in [0.05, 0.1) is 5.56 Å². The van der Waals surface area contributed by atoms with Crippen LogP contribution in [0.15, 0.2) is 24.3 Å². The van der Waals surface area contributed by atoms with Crippen molar-refractivity contribution in [2.75, 3.05) is 26.2 Å². The van der Waals surface area contributed by atoms with Gasteiger partial charge in [-0.1, -0.05) is 18.2 Å². The highest BCUT2D eigenvalue weighted by molar-refractivity contribution is 5.89. The number of aromatic carboxylic acids is 1. The Bertz CT molecular complexity index is 577. The minimum absolute atomic E-state index is 0.00314. The predicted octanol–water partition coefficient (Wildman–Crippen LogP) is 1.01. The van der Waals surface area contributed by atoms with Gasteiger partial charge in [-0.15, -0.1) is 0 Å². The van der Waals surface area contributed by atoms with Gasteiger partial charge in [0, 0.05) is 39.5 Å². The zero-order valence-electron chi connectivity index (χ0n) is 12.6. The summed E-state index contributed by atoms with van der Waals surface area (Å²) >= 11 is 0. The van der Waals surface area contributed by atoms with Crippen molar-refractivity contribution < 1.29 is 19.5 Å². The van der Waals surface area contributed by atoms with Crippen molar-refractivity contribution in [1.29, 1.82) is 0 Å². The van der Waals surface area contributed by atoms with E-state index in [1.807, 2.05) is 0 Å². The van der Waals surface area contributed by atoms with E-state index in [2.05, 4.69) is 0 Å². The Hall–Kier alpha value is -2.37. The summed E-state index contributed by atoms with van der Waals surface area (Å²) in [5, 5.41) is 9.13. The number of carbonyl (C=O) groups is 3. The molecule has 1 aliphatic rings. The summed E-state index contributed by atoms with van der Waals surface area (Å²) in [6, 6.07) is 6.74. The van der Waals surface area contributed by atoms with Crippen LogP contribution in [-0.2, 0) is 16.0 Å². The molecule has 0 atom stereocenters. The van der Waals surface area contributed by atoms with E-state index < -0.39 is 5.97 Å². The summed E-state index contributed by atoms with van der Waals surface area (Å²) < 4.78 is 0. The average molecular weight is 304 g/mol. The fourth-order valence-corrected chi connectivity index (χ4v) is 2.62. The second kappa shape index (κ2) is 7.06. The minimum atomic E-state index is -0.974. The zero-order chi connectivity index (χ0) is 16.1. The number of carboxylic acids is 1. The Labute approximate surface area is 129 Å². The predicted molar refractivity (Wildman–Crippen MR) is 80.6 cm³/mol. The van der Waals surface area contributed by atoms with Crippen molar-refractivity contribution in [2.45, 2.75) is 19.8 Å². The summed E-state index contributed by atoms with van der Waals surface area (Å²) in [6.45, 7) is 3.73. The lowest BCUT2D eigenvalue weighted by Crippen LogP contribution is -2.50. The van der Waals surface area contributed by atoms with Crippen LogP contribution in [0.25, 0.3) is 0 Å². The highest BCUT2D eigenvalue weighted by Crippen LogP contribution is 2.13. The summed E-state index contributed by atoms with van der Waals surface area (Å²) in [6.07, 6.45) is 0.693. The van der Waals surface area contributed by atoms with Crippen LogP contribution in [0.3, 0.4) is 0 Å². The Morgan fingerprint density at radius 3 is 2.23 bits per heavy atom. The molecule has 6 heteroatoms. The number of nitrogens with zero attached hydrogens (tertiary/aromatic N) is 2. The third-order valence-electron chi connectivity index (χ3n) is 3.93. The van der Waals surface area contributed by atoms with Crippen molar-refractivity contribution in [2.24, 2.45) is 0 Å². The summed E-state index contributed by atoms with van der Waals surface area (Å²) in [5.41, 5.74) is 0.919. The third kappa shape index (κ3) is 3.84. The lowest BCUT2D eigenvalue weighted by atomic mass is 10.0. The van der Waals surface area contributed by atoms with Crippen molar-refractivity contribution in [3.05, 3.63) is 35.4 Å². The maximum absolute atomic E-state index is 12.2. The molecule has 1 N–H and O–H groups in total. The number of hydrogen-bond acceptors (Lipinski definition) is 3. The molecule has 2 rings (SSSR count). The summed E-state index contributed by atoms with van der Waals surface area (Å²) in [5.74, 6) is -0.941. The summed E-state index contributed by atoms with van der Waals surface area (Å²) in [7, 11) is 0. The fourth-order valence-electron chi connectivity index (χ4n) is 2.62. The van der Waals surface area contributed by atoms with E-state index in [0.29, 0.717) is 38.2 Å². The number of benzene rings is 1. The normalized spacial score (nSPS) is 14.8. The van der Waals surface area contributed by atoms with Crippen LogP contribution >= 0.6 is 0 Å². The standard InChI is InChI=1S/C16H20N2O4/c1-12(19)17-8-10-18(11-9-17)15(20)7-6-13-4-2-3-5-14(13)16(21)22/h2-5H,6-11H2,1H3,(H,21,22). The molecule has 0 saturated carbocycles. The molecular formula is C16H20N2O4. The van der Waals surface area contributed by atoms with Crippen LogP contribution in [-0.4, -0.2) is 58.9 Å². The Morgan fingerprint density at radius 2 is 1.64 bits per heavy atom. The van der Waals surface area contributed by atoms with Gasteiger partial charge in [0.2, 0.25) is 11.8 Å². The minimum Gasteiger partial charge on any atom is -0.478 e. The van der Waals surface area contributed by atoms with Gasteiger partial charge in [-0.3, -0.25) is 9.59 Å². The molecule has 1 aromatic rings. The molecule has 0 unspecified atom stereocenters. The molecule has 0 spiro atoms. The van der Waals surface area contributed by atoms with E-state index in [-0.39, 0.29) is 23.8 Å². The van der Waals surface area contributed by atoms with Crippen LogP contribution in [0.1, 0.15) is 29.3 Å². The molecule has 1 fully saturated rings. The molecule has 2 amide bonds. The first kappa shape index (κ1) is 16.0. The number of carboxylic acid groups (broad SMARTS) is 1. The lowest BCUT2D eigenvalue weighted by molar-refractivity contribution is -0.138. The van der Waals surface area contributed by atoms with Crippen LogP contribution in [0.2, 0.25) is 0 Å². The fraction of sp³-hybridized carbons (Fsp3) is 0.438. The Morgan fingerprint density at radius 1 is 1.05 bits per heavy atom.